The van der Waals surface area contributed by atoms with E-state index >= 15 is 0 Å². The molecule has 1 saturated carbocycles. The van der Waals surface area contributed by atoms with Crippen LogP contribution in [0.2, 0.25) is 0 Å². The van der Waals surface area contributed by atoms with E-state index in [0.29, 0.717) is 17.5 Å². The lowest BCUT2D eigenvalue weighted by molar-refractivity contribution is 0.302. The third-order valence-electron chi connectivity index (χ3n) is 6.52. The first-order valence-electron chi connectivity index (χ1n) is 11.3. The number of hydrogen-bond acceptors (Lipinski definition) is 0. The van der Waals surface area contributed by atoms with Gasteiger partial charge >= 0.3 is 0 Å². The molecule has 2 aromatic rings. The van der Waals surface area contributed by atoms with Gasteiger partial charge in [0.1, 0.15) is 5.82 Å². The van der Waals surface area contributed by atoms with Crippen molar-refractivity contribution >= 4 is 0 Å². The van der Waals surface area contributed by atoms with Crippen LogP contribution in [0.25, 0.3) is 11.1 Å². The minimum atomic E-state index is -1.15. The molecule has 0 bridgehead atoms. The zero-order valence-electron chi connectivity index (χ0n) is 17.5. The van der Waals surface area contributed by atoms with Gasteiger partial charge in [0.2, 0.25) is 0 Å². The molecule has 0 aromatic heterocycles. The van der Waals surface area contributed by atoms with Crippen molar-refractivity contribution in [2.24, 2.45) is 5.92 Å². The molecule has 29 heavy (non-hydrogen) atoms. The maximum Gasteiger partial charge on any atom is 0.161 e. The van der Waals surface area contributed by atoms with Crippen LogP contribution in [0, 0.1) is 23.4 Å². The Morgan fingerprint density at radius 2 is 1.34 bits per heavy atom. The Kier molecular flexibility index (Phi) is 8.20. The quantitative estimate of drug-likeness (QED) is 0.290. The van der Waals surface area contributed by atoms with Crippen LogP contribution in [0.15, 0.2) is 36.4 Å². The van der Waals surface area contributed by atoms with Gasteiger partial charge < -0.3 is 0 Å². The Morgan fingerprint density at radius 1 is 0.724 bits per heavy atom. The number of rotatable bonds is 9. The Morgan fingerprint density at radius 3 is 2.03 bits per heavy atom. The largest absolute Gasteiger partial charge is 0.206 e. The maximum atomic E-state index is 14.0. The van der Waals surface area contributed by atoms with Gasteiger partial charge in [-0.2, -0.15) is 0 Å². The van der Waals surface area contributed by atoms with E-state index in [0.717, 1.165) is 12.0 Å². The fraction of sp³-hybridized carbons (Fsp3) is 0.538. The van der Waals surface area contributed by atoms with Crippen molar-refractivity contribution < 1.29 is 13.2 Å². The number of unbranched alkanes of at least 4 members (excludes halogenated alkanes) is 5. The van der Waals surface area contributed by atoms with Crippen LogP contribution in [0.1, 0.15) is 89.0 Å². The SMILES string of the molecule is CCCCCCCCC1CCC(c2ccc(-c3cc(F)c(F)cc3F)cc2)CC1. The molecule has 0 atom stereocenters. The molecule has 0 unspecified atom stereocenters. The highest BCUT2D eigenvalue weighted by Gasteiger charge is 2.22. The van der Waals surface area contributed by atoms with Crippen molar-refractivity contribution in [3.8, 4) is 11.1 Å². The van der Waals surface area contributed by atoms with Gasteiger partial charge in [0, 0.05) is 11.6 Å². The van der Waals surface area contributed by atoms with Crippen molar-refractivity contribution in [3.63, 3.8) is 0 Å². The molecular weight excluding hydrogens is 369 g/mol. The van der Waals surface area contributed by atoms with Crippen LogP contribution < -0.4 is 0 Å². The molecule has 0 radical (unpaired) electrons. The fourth-order valence-corrected chi connectivity index (χ4v) is 4.68. The van der Waals surface area contributed by atoms with E-state index in [9.17, 15) is 13.2 Å². The van der Waals surface area contributed by atoms with Gasteiger partial charge in [-0.15, -0.1) is 0 Å². The second-order valence-electron chi connectivity index (χ2n) is 8.64. The van der Waals surface area contributed by atoms with Crippen molar-refractivity contribution in [1.29, 1.82) is 0 Å². The van der Waals surface area contributed by atoms with Gasteiger partial charge in [-0.05, 0) is 54.7 Å². The Hall–Kier alpha value is -1.77. The van der Waals surface area contributed by atoms with Gasteiger partial charge in [0.05, 0.1) is 0 Å². The summed E-state index contributed by atoms with van der Waals surface area (Å²) in [5, 5.41) is 0. The Labute approximate surface area is 173 Å². The first-order valence-corrected chi connectivity index (χ1v) is 11.3. The molecule has 0 nitrogen and oxygen atoms in total. The molecule has 0 aliphatic heterocycles. The summed E-state index contributed by atoms with van der Waals surface area (Å²) in [7, 11) is 0. The van der Waals surface area contributed by atoms with E-state index in [4.69, 9.17) is 0 Å². The predicted molar refractivity (Wildman–Crippen MR) is 114 cm³/mol. The summed E-state index contributed by atoms with van der Waals surface area (Å²) in [6.07, 6.45) is 14.6. The molecule has 2 aromatic carbocycles. The van der Waals surface area contributed by atoms with Gasteiger partial charge in [-0.1, -0.05) is 76.1 Å². The average Bonchev–Trinajstić information content (AvgIpc) is 2.74. The molecule has 1 aliphatic carbocycles. The van der Waals surface area contributed by atoms with Crippen LogP contribution in [-0.4, -0.2) is 0 Å². The molecule has 3 rings (SSSR count). The average molecular weight is 403 g/mol. The summed E-state index contributed by atoms with van der Waals surface area (Å²) in [6.45, 7) is 2.26. The summed E-state index contributed by atoms with van der Waals surface area (Å²) in [4.78, 5) is 0. The first-order chi connectivity index (χ1) is 14.1. The Balaban J connectivity index is 1.49. The minimum absolute atomic E-state index is 0.109. The van der Waals surface area contributed by atoms with Crippen molar-refractivity contribution in [2.75, 3.05) is 0 Å². The molecule has 0 N–H and O–H groups in total. The maximum absolute atomic E-state index is 14.0. The lowest BCUT2D eigenvalue weighted by Crippen LogP contribution is -2.13. The Bertz CT molecular complexity index is 758. The zero-order chi connectivity index (χ0) is 20.6. The van der Waals surface area contributed by atoms with Crippen LogP contribution in [0.3, 0.4) is 0 Å². The molecular formula is C26H33F3. The van der Waals surface area contributed by atoms with Crippen molar-refractivity contribution in [3.05, 3.63) is 59.4 Å². The summed E-state index contributed by atoms with van der Waals surface area (Å²) < 4.78 is 40.6. The van der Waals surface area contributed by atoms with Crippen LogP contribution in [0.5, 0.6) is 0 Å². The smallest absolute Gasteiger partial charge is 0.161 e. The summed E-state index contributed by atoms with van der Waals surface area (Å²) in [6, 6.07) is 9.25. The number of hydrogen-bond donors (Lipinski definition) is 0. The molecule has 0 heterocycles. The fourth-order valence-electron chi connectivity index (χ4n) is 4.68. The van der Waals surface area contributed by atoms with Gasteiger partial charge in [-0.3, -0.25) is 0 Å². The first kappa shape index (κ1) is 21.9. The zero-order valence-corrected chi connectivity index (χ0v) is 17.5. The monoisotopic (exact) mass is 402 g/mol. The third-order valence-corrected chi connectivity index (χ3v) is 6.52. The van der Waals surface area contributed by atoms with E-state index in [2.05, 4.69) is 6.92 Å². The van der Waals surface area contributed by atoms with Gasteiger partial charge in [-0.25, -0.2) is 13.2 Å². The third kappa shape index (κ3) is 6.10. The van der Waals surface area contributed by atoms with E-state index in [1.807, 2.05) is 24.3 Å². The van der Waals surface area contributed by atoms with E-state index in [1.54, 1.807) is 0 Å². The minimum Gasteiger partial charge on any atom is -0.206 e. The normalized spacial score (nSPS) is 19.4. The van der Waals surface area contributed by atoms with E-state index in [-0.39, 0.29) is 5.56 Å². The highest BCUT2D eigenvalue weighted by molar-refractivity contribution is 5.64. The van der Waals surface area contributed by atoms with Gasteiger partial charge in [0.25, 0.3) is 0 Å². The highest BCUT2D eigenvalue weighted by Crippen LogP contribution is 2.38. The second kappa shape index (κ2) is 10.8. The molecule has 3 heteroatoms. The second-order valence-corrected chi connectivity index (χ2v) is 8.64. The highest BCUT2D eigenvalue weighted by atomic mass is 19.2. The predicted octanol–water partition coefficient (Wildman–Crippen LogP) is 8.80. The van der Waals surface area contributed by atoms with Crippen molar-refractivity contribution in [2.45, 2.75) is 83.5 Å². The molecule has 0 saturated heterocycles. The number of benzene rings is 2. The molecule has 0 amide bonds. The summed E-state index contributed by atoms with van der Waals surface area (Å²) >= 11 is 0. The van der Waals surface area contributed by atoms with E-state index < -0.39 is 17.5 Å². The lowest BCUT2D eigenvalue weighted by atomic mass is 9.77. The molecule has 0 spiro atoms. The van der Waals surface area contributed by atoms with Crippen molar-refractivity contribution in [1.82, 2.24) is 0 Å². The standard InChI is InChI=1S/C26H33F3/c1-2-3-4-5-6-7-8-19-9-11-20(12-10-19)21-13-15-22(16-14-21)23-17-25(28)26(29)18-24(23)27/h13-20H,2-12H2,1H3. The van der Waals surface area contributed by atoms with Gasteiger partial charge in [0.15, 0.2) is 11.6 Å². The molecule has 1 fully saturated rings. The van der Waals surface area contributed by atoms with Crippen LogP contribution in [0.4, 0.5) is 13.2 Å². The summed E-state index contributed by atoms with van der Waals surface area (Å²) in [5.74, 6) is -1.48. The number of halogens is 3. The summed E-state index contributed by atoms with van der Waals surface area (Å²) in [5.41, 5.74) is 1.97. The lowest BCUT2D eigenvalue weighted by Gasteiger charge is -2.29. The molecule has 158 valence electrons. The topological polar surface area (TPSA) is 0 Å². The molecule has 1 aliphatic rings. The van der Waals surface area contributed by atoms with Crippen LogP contribution >= 0.6 is 0 Å². The van der Waals surface area contributed by atoms with Crippen LogP contribution in [-0.2, 0) is 0 Å². The van der Waals surface area contributed by atoms with E-state index in [1.165, 1.54) is 76.2 Å².